The second-order valence-corrected chi connectivity index (χ2v) is 6.98. The van der Waals surface area contributed by atoms with Crippen LogP contribution in [0.1, 0.15) is 55.6 Å². The number of benzene rings is 1. The van der Waals surface area contributed by atoms with Crippen molar-refractivity contribution in [3.63, 3.8) is 0 Å². The van der Waals surface area contributed by atoms with Crippen LogP contribution in [0.5, 0.6) is 5.75 Å². The summed E-state index contributed by atoms with van der Waals surface area (Å²) in [6.45, 7) is 0. The van der Waals surface area contributed by atoms with Crippen molar-refractivity contribution in [2.45, 2.75) is 57.4 Å². The summed E-state index contributed by atoms with van der Waals surface area (Å²) in [5.74, 6) is 1.22. The Hall–Kier alpha value is -2.70. The lowest BCUT2D eigenvalue weighted by atomic mass is 9.95. The van der Waals surface area contributed by atoms with Crippen molar-refractivity contribution in [3.8, 4) is 5.75 Å². The van der Waals surface area contributed by atoms with E-state index in [9.17, 15) is 9.59 Å². The van der Waals surface area contributed by atoms with Crippen LogP contribution in [0.2, 0.25) is 0 Å². The van der Waals surface area contributed by atoms with E-state index in [1.165, 1.54) is 19.3 Å². The molecule has 0 spiro atoms. The number of methoxy groups -OCH3 is 1. The summed E-state index contributed by atoms with van der Waals surface area (Å²) in [6.07, 6.45) is 6.69. The molecule has 1 amide bonds. The molecule has 1 heterocycles. The number of hydrogen-bond acceptors (Lipinski definition) is 5. The van der Waals surface area contributed by atoms with Crippen molar-refractivity contribution < 1.29 is 9.53 Å². The van der Waals surface area contributed by atoms with Crippen molar-refractivity contribution >= 4 is 5.91 Å². The number of aromatic nitrogens is 3. The number of rotatable bonds is 7. The molecule has 27 heavy (non-hydrogen) atoms. The molecule has 1 aliphatic carbocycles. The predicted molar refractivity (Wildman–Crippen MR) is 102 cm³/mol. The van der Waals surface area contributed by atoms with Gasteiger partial charge in [-0.1, -0.05) is 31.4 Å². The summed E-state index contributed by atoms with van der Waals surface area (Å²) in [5, 5.41) is 11.2. The first kappa shape index (κ1) is 19.1. The minimum atomic E-state index is -0.284. The van der Waals surface area contributed by atoms with Crippen molar-refractivity contribution in [3.05, 3.63) is 51.7 Å². The van der Waals surface area contributed by atoms with Gasteiger partial charge in [0.25, 0.3) is 5.56 Å². The van der Waals surface area contributed by atoms with Crippen LogP contribution < -0.4 is 15.6 Å². The van der Waals surface area contributed by atoms with Crippen molar-refractivity contribution in [2.75, 3.05) is 7.11 Å². The van der Waals surface area contributed by atoms with Crippen LogP contribution in [0.3, 0.4) is 0 Å². The molecule has 0 radical (unpaired) electrons. The maximum Gasteiger partial charge on any atom is 0.272 e. The standard InChI is InChI=1S/C20H26N4O3/c1-27-16-9-5-6-14(12-16)13-18-22-20(26)17(23-24-18)10-11-19(25)21-15-7-3-2-4-8-15/h5-6,9,12,15H,2-4,7-8,10-11,13H2,1H3,(H,21,25)(H,22,24,26). The Balaban J connectivity index is 1.54. The minimum Gasteiger partial charge on any atom is -0.497 e. The SMILES string of the molecule is COc1cccc(Cc2nnc(CCC(=O)NC3CCCCC3)c(=O)[nH]2)c1. The zero-order valence-electron chi connectivity index (χ0n) is 15.7. The number of carbonyl (C=O) groups is 1. The van der Waals surface area contributed by atoms with Gasteiger partial charge in [-0.15, -0.1) is 10.2 Å². The smallest absolute Gasteiger partial charge is 0.272 e. The molecule has 1 saturated carbocycles. The number of aromatic amines is 1. The molecule has 7 nitrogen and oxygen atoms in total. The Bertz CT molecular complexity index is 828. The van der Waals surface area contributed by atoms with Gasteiger partial charge in [0.15, 0.2) is 0 Å². The summed E-state index contributed by atoms with van der Waals surface area (Å²) in [7, 11) is 1.61. The van der Waals surface area contributed by atoms with Crippen LogP contribution in [0.25, 0.3) is 0 Å². The second kappa shape index (κ2) is 9.30. The molecule has 0 unspecified atom stereocenters. The monoisotopic (exact) mass is 370 g/mol. The lowest BCUT2D eigenvalue weighted by Crippen LogP contribution is -2.36. The van der Waals surface area contributed by atoms with E-state index in [-0.39, 0.29) is 23.9 Å². The highest BCUT2D eigenvalue weighted by atomic mass is 16.5. The molecule has 2 N–H and O–H groups in total. The van der Waals surface area contributed by atoms with Gasteiger partial charge >= 0.3 is 0 Å². The number of nitrogens with zero attached hydrogens (tertiary/aromatic N) is 2. The van der Waals surface area contributed by atoms with Gasteiger partial charge < -0.3 is 15.0 Å². The van der Waals surface area contributed by atoms with Gasteiger partial charge in [-0.25, -0.2) is 0 Å². The fourth-order valence-electron chi connectivity index (χ4n) is 3.39. The molecule has 1 fully saturated rings. The first-order valence-electron chi connectivity index (χ1n) is 9.51. The highest BCUT2D eigenvalue weighted by Crippen LogP contribution is 2.17. The molecule has 0 saturated heterocycles. The number of amides is 1. The van der Waals surface area contributed by atoms with Gasteiger partial charge in [0, 0.05) is 25.3 Å². The number of ether oxygens (including phenoxy) is 1. The van der Waals surface area contributed by atoms with Crippen molar-refractivity contribution in [1.82, 2.24) is 20.5 Å². The summed E-state index contributed by atoms with van der Waals surface area (Å²) in [6, 6.07) is 7.86. The fraction of sp³-hybridized carbons (Fsp3) is 0.500. The molecule has 1 aromatic carbocycles. The molecule has 2 aromatic rings. The molecule has 0 bridgehead atoms. The average molecular weight is 370 g/mol. The van der Waals surface area contributed by atoms with E-state index in [4.69, 9.17) is 4.74 Å². The Labute approximate surface area is 158 Å². The topological polar surface area (TPSA) is 97.0 Å². The van der Waals surface area contributed by atoms with Crippen LogP contribution in [0, 0.1) is 0 Å². The lowest BCUT2D eigenvalue weighted by Gasteiger charge is -2.22. The van der Waals surface area contributed by atoms with Crippen molar-refractivity contribution in [2.24, 2.45) is 0 Å². The predicted octanol–water partition coefficient (Wildman–Crippen LogP) is 2.15. The van der Waals surface area contributed by atoms with Crippen molar-refractivity contribution in [1.29, 1.82) is 0 Å². The number of H-pyrrole nitrogens is 1. The summed E-state index contributed by atoms with van der Waals surface area (Å²) >= 11 is 0. The van der Waals surface area contributed by atoms with Gasteiger partial charge in [-0.2, -0.15) is 0 Å². The van der Waals surface area contributed by atoms with Gasteiger partial charge in [-0.3, -0.25) is 9.59 Å². The highest BCUT2D eigenvalue weighted by molar-refractivity contribution is 5.76. The van der Waals surface area contributed by atoms with E-state index >= 15 is 0 Å². The number of nitrogens with one attached hydrogen (secondary N) is 2. The van der Waals surface area contributed by atoms with E-state index < -0.39 is 0 Å². The van der Waals surface area contributed by atoms with Crippen LogP contribution in [0.4, 0.5) is 0 Å². The maximum atomic E-state index is 12.2. The zero-order valence-corrected chi connectivity index (χ0v) is 15.7. The molecular weight excluding hydrogens is 344 g/mol. The van der Waals surface area contributed by atoms with Crippen LogP contribution >= 0.6 is 0 Å². The Morgan fingerprint density at radius 2 is 2.07 bits per heavy atom. The Morgan fingerprint density at radius 3 is 2.81 bits per heavy atom. The first-order chi connectivity index (χ1) is 13.1. The van der Waals surface area contributed by atoms with E-state index in [1.54, 1.807) is 7.11 Å². The van der Waals surface area contributed by atoms with Crippen LogP contribution in [0.15, 0.2) is 29.1 Å². The summed E-state index contributed by atoms with van der Waals surface area (Å²) in [4.78, 5) is 27.1. The van der Waals surface area contributed by atoms with Crippen LogP contribution in [-0.2, 0) is 17.6 Å². The molecule has 0 atom stereocenters. The third-order valence-corrected chi connectivity index (χ3v) is 4.88. The van der Waals surface area contributed by atoms with Gasteiger partial charge in [-0.05, 0) is 30.5 Å². The third kappa shape index (κ3) is 5.64. The molecule has 1 aromatic heterocycles. The molecule has 7 heteroatoms. The third-order valence-electron chi connectivity index (χ3n) is 4.88. The van der Waals surface area contributed by atoms with Gasteiger partial charge in [0.05, 0.1) is 7.11 Å². The van der Waals surface area contributed by atoms with E-state index in [2.05, 4.69) is 20.5 Å². The Kier molecular flexibility index (Phi) is 6.57. The number of carbonyl (C=O) groups excluding carboxylic acids is 1. The summed E-state index contributed by atoms with van der Waals surface area (Å²) in [5.41, 5.74) is 0.982. The van der Waals surface area contributed by atoms with E-state index in [1.807, 2.05) is 24.3 Å². The molecule has 0 aliphatic heterocycles. The molecular formula is C20H26N4O3. The maximum absolute atomic E-state index is 12.2. The normalized spacial score (nSPS) is 14.7. The van der Waals surface area contributed by atoms with Crippen LogP contribution in [-0.4, -0.2) is 34.2 Å². The number of aryl methyl sites for hydroxylation is 1. The minimum absolute atomic E-state index is 0.0245. The lowest BCUT2D eigenvalue weighted by molar-refractivity contribution is -0.122. The van der Waals surface area contributed by atoms with Gasteiger partial charge in [0.1, 0.15) is 17.3 Å². The average Bonchev–Trinajstić information content (AvgIpc) is 2.68. The van der Waals surface area contributed by atoms with E-state index in [0.717, 1.165) is 24.2 Å². The first-order valence-corrected chi connectivity index (χ1v) is 9.51. The Morgan fingerprint density at radius 1 is 1.26 bits per heavy atom. The number of hydrogen-bond donors (Lipinski definition) is 2. The largest absolute Gasteiger partial charge is 0.497 e. The van der Waals surface area contributed by atoms with E-state index in [0.29, 0.717) is 24.4 Å². The zero-order chi connectivity index (χ0) is 19.1. The second-order valence-electron chi connectivity index (χ2n) is 6.98. The highest BCUT2D eigenvalue weighted by Gasteiger charge is 2.16. The fourth-order valence-corrected chi connectivity index (χ4v) is 3.39. The molecule has 144 valence electrons. The summed E-state index contributed by atoms with van der Waals surface area (Å²) < 4.78 is 5.20. The molecule has 3 rings (SSSR count). The molecule has 1 aliphatic rings. The van der Waals surface area contributed by atoms with Gasteiger partial charge in [0.2, 0.25) is 5.91 Å². The quantitative estimate of drug-likeness (QED) is 0.778.